The summed E-state index contributed by atoms with van der Waals surface area (Å²) < 4.78 is 48.6. The van der Waals surface area contributed by atoms with Crippen LogP contribution >= 0.6 is 0 Å². The number of amides is 1. The van der Waals surface area contributed by atoms with Crippen LogP contribution in [0.15, 0.2) is 40.8 Å². The normalized spacial score (nSPS) is 11.5. The monoisotopic (exact) mass is 478 g/mol. The lowest BCUT2D eigenvalue weighted by Gasteiger charge is -2.24. The molecule has 3 aromatic rings. The van der Waals surface area contributed by atoms with Crippen molar-refractivity contribution in [1.29, 1.82) is 0 Å². The van der Waals surface area contributed by atoms with E-state index in [1.54, 1.807) is 19.1 Å². The number of hydroxylamine groups is 1. The maximum Gasteiger partial charge on any atom is 0.255 e. The van der Waals surface area contributed by atoms with Crippen LogP contribution < -0.4 is 15.1 Å². The number of hydrogen-bond acceptors (Lipinski definition) is 7. The Bertz CT molecular complexity index is 1240. The molecule has 0 aliphatic carbocycles. The molecule has 33 heavy (non-hydrogen) atoms. The van der Waals surface area contributed by atoms with Crippen molar-refractivity contribution in [2.45, 2.75) is 20.3 Å². The van der Waals surface area contributed by atoms with Gasteiger partial charge in [0.15, 0.2) is 15.8 Å². The van der Waals surface area contributed by atoms with Crippen LogP contribution in [-0.2, 0) is 14.7 Å². The topological polar surface area (TPSA) is 98.1 Å². The van der Waals surface area contributed by atoms with Crippen molar-refractivity contribution >= 4 is 32.4 Å². The average Bonchev–Trinajstić information content (AvgIpc) is 3.15. The molecule has 1 aromatic heterocycles. The van der Waals surface area contributed by atoms with E-state index in [-0.39, 0.29) is 17.2 Å². The third kappa shape index (κ3) is 5.63. The fourth-order valence-corrected chi connectivity index (χ4v) is 3.60. The van der Waals surface area contributed by atoms with Crippen molar-refractivity contribution in [3.8, 4) is 17.1 Å². The molecule has 0 bridgehead atoms. The lowest BCUT2D eigenvalue weighted by atomic mass is 10.0. The van der Waals surface area contributed by atoms with Gasteiger partial charge in [-0.2, -0.15) is 0 Å². The van der Waals surface area contributed by atoms with Crippen LogP contribution in [0.5, 0.6) is 5.75 Å². The zero-order valence-corrected chi connectivity index (χ0v) is 19.8. The first-order valence-corrected chi connectivity index (χ1v) is 12.5. The Hall–Kier alpha value is -3.11. The zero-order valence-electron chi connectivity index (χ0n) is 19.0. The van der Waals surface area contributed by atoms with E-state index in [1.165, 1.54) is 36.4 Å². The smallest absolute Gasteiger partial charge is 0.255 e. The highest BCUT2D eigenvalue weighted by Gasteiger charge is 2.25. The van der Waals surface area contributed by atoms with E-state index in [4.69, 9.17) is 14.0 Å². The van der Waals surface area contributed by atoms with Crippen LogP contribution in [0.4, 0.5) is 10.1 Å². The lowest BCUT2D eigenvalue weighted by molar-refractivity contribution is 0.0964. The van der Waals surface area contributed by atoms with Gasteiger partial charge in [-0.1, -0.05) is 6.92 Å². The van der Waals surface area contributed by atoms with Crippen LogP contribution in [0.1, 0.15) is 30.6 Å². The van der Waals surface area contributed by atoms with E-state index in [0.29, 0.717) is 41.1 Å². The highest BCUT2D eigenvalue weighted by Crippen LogP contribution is 2.40. The Balaban J connectivity index is 2.21. The number of sulfone groups is 1. The Morgan fingerprint density at radius 3 is 2.45 bits per heavy atom. The molecule has 10 heteroatoms. The van der Waals surface area contributed by atoms with E-state index in [2.05, 4.69) is 5.32 Å². The molecule has 1 amide bonds. The molecule has 0 fully saturated rings. The van der Waals surface area contributed by atoms with Gasteiger partial charge in [0.2, 0.25) is 0 Å². The van der Waals surface area contributed by atoms with Crippen molar-refractivity contribution < 1.29 is 31.6 Å². The number of carbonyl (C=O) groups is 1. The third-order valence-corrected chi connectivity index (χ3v) is 5.30. The van der Waals surface area contributed by atoms with Gasteiger partial charge in [0.1, 0.15) is 28.6 Å². The molecule has 0 saturated carbocycles. The summed E-state index contributed by atoms with van der Waals surface area (Å²) in [7, 11) is -1.87. The number of fused-ring (bicyclic) bond motifs is 1. The molecule has 0 aliphatic rings. The van der Waals surface area contributed by atoms with Gasteiger partial charge in [-0.15, -0.1) is 0 Å². The Morgan fingerprint density at radius 1 is 1.18 bits per heavy atom. The predicted molar refractivity (Wildman–Crippen MR) is 125 cm³/mol. The predicted octanol–water partition coefficient (Wildman–Crippen LogP) is 4.15. The Kier molecular flexibility index (Phi) is 7.60. The van der Waals surface area contributed by atoms with E-state index >= 15 is 0 Å². The maximum absolute atomic E-state index is 13.5. The number of nitrogens with one attached hydrogen (secondary N) is 1. The largest absolute Gasteiger partial charge is 0.491 e. The molecule has 1 N–H and O–H groups in total. The van der Waals surface area contributed by atoms with E-state index in [1.807, 2.05) is 6.92 Å². The van der Waals surface area contributed by atoms with Crippen molar-refractivity contribution in [1.82, 2.24) is 5.32 Å². The fraction of sp³-hybridized carbons (Fsp3) is 0.348. The molecule has 0 radical (unpaired) electrons. The summed E-state index contributed by atoms with van der Waals surface area (Å²) >= 11 is 0. The van der Waals surface area contributed by atoms with Crippen molar-refractivity contribution in [3.63, 3.8) is 0 Å². The molecule has 0 unspecified atom stereocenters. The van der Waals surface area contributed by atoms with Crippen molar-refractivity contribution in [3.05, 3.63) is 47.8 Å². The summed E-state index contributed by atoms with van der Waals surface area (Å²) in [4.78, 5) is 18.3. The SMILES string of the molecule is CCCOc1cc2c(C(=O)NC)c(-c3ccc(F)cc3)oc2cc1N(CC)OCS(C)(=O)=O. The minimum Gasteiger partial charge on any atom is -0.491 e. The van der Waals surface area contributed by atoms with Gasteiger partial charge in [-0.3, -0.25) is 9.63 Å². The molecule has 0 atom stereocenters. The van der Waals surface area contributed by atoms with Crippen LogP contribution in [0.2, 0.25) is 0 Å². The molecular weight excluding hydrogens is 451 g/mol. The molecule has 0 aliphatic heterocycles. The molecule has 0 spiro atoms. The summed E-state index contributed by atoms with van der Waals surface area (Å²) in [6.45, 7) is 4.49. The van der Waals surface area contributed by atoms with Gasteiger partial charge in [0.25, 0.3) is 5.91 Å². The molecule has 2 aromatic carbocycles. The van der Waals surface area contributed by atoms with Gasteiger partial charge >= 0.3 is 0 Å². The number of anilines is 1. The van der Waals surface area contributed by atoms with Gasteiger partial charge in [0, 0.05) is 36.9 Å². The fourth-order valence-electron chi connectivity index (χ4n) is 3.28. The molecule has 3 rings (SSSR count). The first-order chi connectivity index (χ1) is 15.7. The quantitative estimate of drug-likeness (QED) is 0.437. The molecular formula is C23H27FN2O6S. The van der Waals surface area contributed by atoms with Gasteiger partial charge < -0.3 is 14.5 Å². The standard InChI is InChI=1S/C23H27FN2O6S/c1-5-11-30-20-12-17-19(13-18(20)26(6-2)31-14-33(4,28)29)32-22(21(17)23(27)25-3)15-7-9-16(24)10-8-15/h7-10,12-13H,5-6,11,14H2,1-4H3,(H,25,27). The third-order valence-electron chi connectivity index (χ3n) is 4.77. The van der Waals surface area contributed by atoms with Crippen LogP contribution in [-0.4, -0.2) is 46.7 Å². The number of rotatable bonds is 10. The minimum atomic E-state index is -3.38. The van der Waals surface area contributed by atoms with Gasteiger partial charge in [0.05, 0.1) is 12.2 Å². The van der Waals surface area contributed by atoms with Crippen LogP contribution in [0, 0.1) is 5.82 Å². The van der Waals surface area contributed by atoms with Crippen molar-refractivity contribution in [2.75, 3.05) is 37.5 Å². The zero-order chi connectivity index (χ0) is 24.2. The van der Waals surface area contributed by atoms with E-state index in [9.17, 15) is 17.6 Å². The second-order valence-corrected chi connectivity index (χ2v) is 9.51. The molecule has 1 heterocycles. The second-order valence-electron chi connectivity index (χ2n) is 7.42. The second kappa shape index (κ2) is 10.2. The molecule has 0 saturated heterocycles. The summed E-state index contributed by atoms with van der Waals surface area (Å²) in [5.74, 6) is -0.591. The van der Waals surface area contributed by atoms with Crippen LogP contribution in [0.25, 0.3) is 22.3 Å². The summed E-state index contributed by atoms with van der Waals surface area (Å²) in [5, 5.41) is 4.52. The number of nitrogens with zero attached hydrogens (tertiary/aromatic N) is 1. The average molecular weight is 479 g/mol. The number of carbonyl (C=O) groups excluding carboxylic acids is 1. The number of ether oxygens (including phenoxy) is 1. The Morgan fingerprint density at radius 2 is 1.88 bits per heavy atom. The molecule has 178 valence electrons. The summed E-state index contributed by atoms with van der Waals surface area (Å²) in [5.41, 5.74) is 1.65. The first kappa shape index (κ1) is 24.5. The first-order valence-electron chi connectivity index (χ1n) is 10.5. The minimum absolute atomic E-state index is 0.281. The lowest BCUT2D eigenvalue weighted by Crippen LogP contribution is -2.27. The Labute approximate surface area is 192 Å². The van der Waals surface area contributed by atoms with Crippen LogP contribution in [0.3, 0.4) is 0 Å². The number of benzene rings is 2. The highest BCUT2D eigenvalue weighted by molar-refractivity contribution is 7.90. The number of furan rings is 1. The number of halogens is 1. The molecule has 8 nitrogen and oxygen atoms in total. The summed E-state index contributed by atoms with van der Waals surface area (Å²) in [6, 6.07) is 8.95. The highest BCUT2D eigenvalue weighted by atomic mass is 32.2. The summed E-state index contributed by atoms with van der Waals surface area (Å²) in [6.07, 6.45) is 1.82. The van der Waals surface area contributed by atoms with Gasteiger partial charge in [-0.05, 0) is 43.7 Å². The number of hydrogen-bond donors (Lipinski definition) is 1. The van der Waals surface area contributed by atoms with Crippen molar-refractivity contribution in [2.24, 2.45) is 0 Å². The van der Waals surface area contributed by atoms with E-state index in [0.717, 1.165) is 12.7 Å². The maximum atomic E-state index is 13.5. The van der Waals surface area contributed by atoms with E-state index < -0.39 is 21.6 Å². The van der Waals surface area contributed by atoms with Gasteiger partial charge in [-0.25, -0.2) is 17.9 Å².